The lowest BCUT2D eigenvalue weighted by Crippen LogP contribution is -2.19. The molecule has 2 rings (SSSR count). The fraction of sp³-hybridized carbons (Fsp3) is 0.417. The highest BCUT2D eigenvalue weighted by Gasteiger charge is 2.21. The van der Waals surface area contributed by atoms with Crippen LogP contribution in [0.5, 0.6) is 0 Å². The van der Waals surface area contributed by atoms with E-state index in [0.717, 1.165) is 31.0 Å². The van der Waals surface area contributed by atoms with Gasteiger partial charge in [0, 0.05) is 6.61 Å². The van der Waals surface area contributed by atoms with Crippen LogP contribution in [0.2, 0.25) is 0 Å². The molecule has 1 aromatic carbocycles. The Morgan fingerprint density at radius 2 is 2.25 bits per heavy atom. The maximum Gasteiger partial charge on any atom is 0.341 e. The molecule has 0 amide bonds. The molecule has 1 atom stereocenters. The van der Waals surface area contributed by atoms with Gasteiger partial charge < -0.3 is 9.47 Å². The average molecular weight is 303 g/mol. The number of hydrogen-bond acceptors (Lipinski definition) is 5. The van der Waals surface area contributed by atoms with Crippen molar-refractivity contribution < 1.29 is 27.1 Å². The minimum absolute atomic E-state index is 0.0118. The number of halogens is 1. The minimum atomic E-state index is -4.01. The Morgan fingerprint density at radius 1 is 1.50 bits per heavy atom. The number of rotatable bonds is 4. The Morgan fingerprint density at radius 3 is 2.85 bits per heavy atom. The summed E-state index contributed by atoms with van der Waals surface area (Å²) in [6.07, 6.45) is 1.47. The lowest BCUT2D eigenvalue weighted by atomic mass is 10.2. The summed E-state index contributed by atoms with van der Waals surface area (Å²) in [5.74, 6) is -1.81. The standard InChI is InChI=1S/C12H14FNO5S/c13-11-4-3-9(20(14,16)17)6-10(11)12(15)19-7-8-2-1-5-18-8/h3-4,6,8H,1-2,5,7H2,(H2,14,16,17). The third-order valence-corrected chi connectivity index (χ3v) is 3.82. The van der Waals surface area contributed by atoms with Gasteiger partial charge in [-0.2, -0.15) is 0 Å². The Bertz CT molecular complexity index is 610. The molecule has 1 aliphatic rings. The number of esters is 1. The van der Waals surface area contributed by atoms with Crippen LogP contribution in [0.15, 0.2) is 23.1 Å². The molecule has 0 aromatic heterocycles. The predicted octanol–water partition coefficient (Wildman–Crippen LogP) is 0.809. The first-order valence-electron chi connectivity index (χ1n) is 5.99. The highest BCUT2D eigenvalue weighted by Crippen LogP contribution is 2.17. The Balaban J connectivity index is 2.12. The van der Waals surface area contributed by atoms with Crippen molar-refractivity contribution in [3.8, 4) is 0 Å². The molecule has 1 aromatic rings. The molecular formula is C12H14FNO5S. The first-order valence-corrected chi connectivity index (χ1v) is 7.53. The van der Waals surface area contributed by atoms with Crippen LogP contribution in [0.4, 0.5) is 4.39 Å². The fourth-order valence-corrected chi connectivity index (χ4v) is 2.40. The van der Waals surface area contributed by atoms with Crippen LogP contribution in [0.25, 0.3) is 0 Å². The molecule has 1 heterocycles. The molecule has 6 nitrogen and oxygen atoms in total. The van der Waals surface area contributed by atoms with Crippen molar-refractivity contribution >= 4 is 16.0 Å². The third kappa shape index (κ3) is 3.53. The van der Waals surface area contributed by atoms with Crippen LogP contribution >= 0.6 is 0 Å². The maximum atomic E-state index is 13.5. The van der Waals surface area contributed by atoms with Gasteiger partial charge in [-0.3, -0.25) is 0 Å². The lowest BCUT2D eigenvalue weighted by molar-refractivity contribution is 0.0157. The second-order valence-electron chi connectivity index (χ2n) is 4.42. The highest BCUT2D eigenvalue weighted by molar-refractivity contribution is 7.89. The summed E-state index contributed by atoms with van der Waals surface area (Å²) in [4.78, 5) is 11.4. The first kappa shape index (κ1) is 14.9. The van der Waals surface area contributed by atoms with Crippen molar-refractivity contribution in [2.45, 2.75) is 23.8 Å². The van der Waals surface area contributed by atoms with Gasteiger partial charge >= 0.3 is 5.97 Å². The molecule has 1 fully saturated rings. The number of benzene rings is 1. The van der Waals surface area contributed by atoms with Gasteiger partial charge in [0.15, 0.2) is 0 Å². The molecule has 0 radical (unpaired) electrons. The smallest absolute Gasteiger partial charge is 0.341 e. The van der Waals surface area contributed by atoms with Crippen molar-refractivity contribution in [3.63, 3.8) is 0 Å². The Kier molecular flexibility index (Phi) is 4.36. The van der Waals surface area contributed by atoms with Gasteiger partial charge in [0.05, 0.1) is 16.6 Å². The third-order valence-electron chi connectivity index (χ3n) is 2.91. The molecule has 0 saturated carbocycles. The molecule has 1 saturated heterocycles. The minimum Gasteiger partial charge on any atom is -0.459 e. The molecular weight excluding hydrogens is 289 g/mol. The summed E-state index contributed by atoms with van der Waals surface area (Å²) < 4.78 is 46.1. The van der Waals surface area contributed by atoms with Gasteiger partial charge in [0.25, 0.3) is 0 Å². The monoisotopic (exact) mass is 303 g/mol. The molecule has 0 aliphatic carbocycles. The zero-order chi connectivity index (χ0) is 14.8. The van der Waals surface area contributed by atoms with E-state index in [-0.39, 0.29) is 17.6 Å². The van der Waals surface area contributed by atoms with E-state index in [0.29, 0.717) is 6.61 Å². The van der Waals surface area contributed by atoms with Gasteiger partial charge in [0.1, 0.15) is 12.4 Å². The Hall–Kier alpha value is -1.51. The van der Waals surface area contributed by atoms with E-state index in [1.165, 1.54) is 0 Å². The molecule has 1 unspecified atom stereocenters. The highest BCUT2D eigenvalue weighted by atomic mass is 32.2. The van der Waals surface area contributed by atoms with Crippen LogP contribution in [-0.4, -0.2) is 33.7 Å². The molecule has 110 valence electrons. The molecule has 0 spiro atoms. The van der Waals surface area contributed by atoms with E-state index in [9.17, 15) is 17.6 Å². The van der Waals surface area contributed by atoms with Crippen molar-refractivity contribution in [2.24, 2.45) is 5.14 Å². The number of hydrogen-bond donors (Lipinski definition) is 1. The van der Waals surface area contributed by atoms with Gasteiger partial charge in [-0.15, -0.1) is 0 Å². The second-order valence-corrected chi connectivity index (χ2v) is 5.98. The summed E-state index contributed by atoms with van der Waals surface area (Å²) in [5.41, 5.74) is -0.463. The lowest BCUT2D eigenvalue weighted by Gasteiger charge is -2.11. The SMILES string of the molecule is NS(=O)(=O)c1ccc(F)c(C(=O)OCC2CCCO2)c1. The van der Waals surface area contributed by atoms with Gasteiger partial charge in [-0.05, 0) is 31.0 Å². The van der Waals surface area contributed by atoms with Crippen molar-refractivity contribution in [2.75, 3.05) is 13.2 Å². The quantitative estimate of drug-likeness (QED) is 0.830. The number of carbonyl (C=O) groups is 1. The first-order chi connectivity index (χ1) is 9.38. The van der Waals surface area contributed by atoms with E-state index >= 15 is 0 Å². The topological polar surface area (TPSA) is 95.7 Å². The number of primary sulfonamides is 1. The number of nitrogens with two attached hydrogens (primary N) is 1. The number of sulfonamides is 1. The van der Waals surface area contributed by atoms with Crippen LogP contribution in [0.3, 0.4) is 0 Å². The molecule has 8 heteroatoms. The van der Waals surface area contributed by atoms with Crippen molar-refractivity contribution in [1.82, 2.24) is 0 Å². The summed E-state index contributed by atoms with van der Waals surface area (Å²) >= 11 is 0. The van der Waals surface area contributed by atoms with E-state index in [1.807, 2.05) is 0 Å². The molecule has 20 heavy (non-hydrogen) atoms. The number of ether oxygens (including phenoxy) is 2. The van der Waals surface area contributed by atoms with Crippen molar-refractivity contribution in [1.29, 1.82) is 0 Å². The number of carbonyl (C=O) groups excluding carboxylic acids is 1. The Labute approximate surface area is 115 Å². The van der Waals surface area contributed by atoms with Crippen LogP contribution in [0, 0.1) is 5.82 Å². The fourth-order valence-electron chi connectivity index (χ4n) is 1.86. The average Bonchev–Trinajstić information content (AvgIpc) is 2.88. The summed E-state index contributed by atoms with van der Waals surface area (Å²) in [5, 5.41) is 4.93. The molecule has 2 N–H and O–H groups in total. The van der Waals surface area contributed by atoms with Crippen LogP contribution in [-0.2, 0) is 19.5 Å². The predicted molar refractivity (Wildman–Crippen MR) is 67.0 cm³/mol. The van der Waals surface area contributed by atoms with Gasteiger partial charge in [0.2, 0.25) is 10.0 Å². The van der Waals surface area contributed by atoms with E-state index in [1.54, 1.807) is 0 Å². The molecule has 0 bridgehead atoms. The van der Waals surface area contributed by atoms with E-state index < -0.39 is 27.4 Å². The van der Waals surface area contributed by atoms with Crippen LogP contribution < -0.4 is 5.14 Å². The van der Waals surface area contributed by atoms with Crippen molar-refractivity contribution in [3.05, 3.63) is 29.6 Å². The molecule has 1 aliphatic heterocycles. The van der Waals surface area contributed by atoms with Gasteiger partial charge in [-0.25, -0.2) is 22.7 Å². The second kappa shape index (κ2) is 5.86. The van der Waals surface area contributed by atoms with E-state index in [4.69, 9.17) is 14.6 Å². The normalized spacial score (nSPS) is 19.0. The maximum absolute atomic E-state index is 13.5. The summed E-state index contributed by atoms with van der Waals surface area (Å²) in [7, 11) is -4.01. The summed E-state index contributed by atoms with van der Waals surface area (Å²) in [6, 6.07) is 2.71. The van der Waals surface area contributed by atoms with E-state index in [2.05, 4.69) is 0 Å². The zero-order valence-electron chi connectivity index (χ0n) is 10.5. The largest absolute Gasteiger partial charge is 0.459 e. The zero-order valence-corrected chi connectivity index (χ0v) is 11.4. The summed E-state index contributed by atoms with van der Waals surface area (Å²) in [6.45, 7) is 0.620. The van der Waals surface area contributed by atoms with Crippen LogP contribution in [0.1, 0.15) is 23.2 Å². The van der Waals surface area contributed by atoms with Gasteiger partial charge in [-0.1, -0.05) is 0 Å².